The molecule has 3 heteroatoms. The second-order valence-corrected chi connectivity index (χ2v) is 4.96. The number of methoxy groups -OCH3 is 1. The lowest BCUT2D eigenvalue weighted by atomic mass is 9.70. The van der Waals surface area contributed by atoms with Crippen LogP contribution in [0.3, 0.4) is 0 Å². The number of aliphatic hydroxyl groups is 1. The van der Waals surface area contributed by atoms with E-state index in [9.17, 15) is 4.79 Å². The second kappa shape index (κ2) is 3.91. The van der Waals surface area contributed by atoms with Crippen molar-refractivity contribution in [3.63, 3.8) is 0 Å². The van der Waals surface area contributed by atoms with Crippen molar-refractivity contribution in [3.05, 3.63) is 41.2 Å². The van der Waals surface area contributed by atoms with Crippen LogP contribution in [0.5, 0.6) is 5.75 Å². The van der Waals surface area contributed by atoms with Gasteiger partial charge in [0.15, 0.2) is 5.78 Å². The van der Waals surface area contributed by atoms with Gasteiger partial charge in [0, 0.05) is 11.1 Å². The molecule has 0 amide bonds. The van der Waals surface area contributed by atoms with Gasteiger partial charge in [0.05, 0.1) is 13.4 Å². The lowest BCUT2D eigenvalue weighted by molar-refractivity contribution is 0.101. The van der Waals surface area contributed by atoms with Crippen molar-refractivity contribution in [2.75, 3.05) is 7.11 Å². The molecule has 0 atom stereocenters. The number of allylic oxidation sites excluding steroid dienone is 1. The Morgan fingerprint density at radius 1 is 1.41 bits per heavy atom. The summed E-state index contributed by atoms with van der Waals surface area (Å²) in [4.78, 5) is 12.1. The fourth-order valence-electron chi connectivity index (χ4n) is 2.36. The van der Waals surface area contributed by atoms with Crippen molar-refractivity contribution in [2.24, 2.45) is 0 Å². The van der Waals surface area contributed by atoms with Gasteiger partial charge in [-0.2, -0.15) is 0 Å². The molecule has 0 unspecified atom stereocenters. The number of hydrogen-bond acceptors (Lipinski definition) is 3. The number of Topliss-reactive ketones (excluding diaryl/α,β-unsaturated/α-hetero) is 1. The molecule has 0 fully saturated rings. The Morgan fingerprint density at radius 2 is 2.12 bits per heavy atom. The van der Waals surface area contributed by atoms with Crippen LogP contribution in [0.15, 0.2) is 30.0 Å². The van der Waals surface area contributed by atoms with Crippen molar-refractivity contribution >= 4 is 5.78 Å². The Labute approximate surface area is 101 Å². The van der Waals surface area contributed by atoms with Crippen LogP contribution in [0, 0.1) is 0 Å². The number of rotatable bonds is 1. The average molecular weight is 232 g/mol. The number of benzene rings is 1. The third-order valence-electron chi connectivity index (χ3n) is 3.28. The van der Waals surface area contributed by atoms with Crippen LogP contribution in [-0.4, -0.2) is 18.0 Å². The molecule has 90 valence electrons. The largest absolute Gasteiger partial charge is 0.515 e. The van der Waals surface area contributed by atoms with Gasteiger partial charge >= 0.3 is 0 Å². The molecule has 0 heterocycles. The molecule has 0 radical (unpaired) electrons. The zero-order chi connectivity index (χ0) is 12.6. The third-order valence-corrected chi connectivity index (χ3v) is 3.28. The molecular formula is C14H16O3. The van der Waals surface area contributed by atoms with Crippen LogP contribution in [0.25, 0.3) is 0 Å². The summed E-state index contributed by atoms with van der Waals surface area (Å²) >= 11 is 0. The first-order chi connectivity index (χ1) is 7.99. The quantitative estimate of drug-likeness (QED) is 0.598. The maximum Gasteiger partial charge on any atom is 0.192 e. The standard InChI is InChI=1S/C14H16O3/c1-14(2)7-9(8-15)13(16)11-6-10(17-3)4-5-12(11)14/h4-6,8,15H,7H2,1-3H3/b9-8-. The van der Waals surface area contributed by atoms with E-state index in [1.165, 1.54) is 0 Å². The van der Waals surface area contributed by atoms with Gasteiger partial charge in [-0.05, 0) is 29.5 Å². The second-order valence-electron chi connectivity index (χ2n) is 4.96. The van der Waals surface area contributed by atoms with E-state index < -0.39 is 0 Å². The molecular weight excluding hydrogens is 216 g/mol. The molecule has 3 nitrogen and oxygen atoms in total. The summed E-state index contributed by atoms with van der Waals surface area (Å²) < 4.78 is 5.13. The van der Waals surface area contributed by atoms with Gasteiger partial charge in [0.25, 0.3) is 0 Å². The van der Waals surface area contributed by atoms with E-state index in [1.54, 1.807) is 13.2 Å². The van der Waals surface area contributed by atoms with Crippen molar-refractivity contribution < 1.29 is 14.6 Å². The van der Waals surface area contributed by atoms with Crippen LogP contribution < -0.4 is 4.74 Å². The molecule has 0 bridgehead atoms. The van der Waals surface area contributed by atoms with Gasteiger partial charge in [-0.15, -0.1) is 0 Å². The van der Waals surface area contributed by atoms with Gasteiger partial charge in [-0.1, -0.05) is 19.9 Å². The predicted octanol–water partition coefficient (Wildman–Crippen LogP) is 3.00. The summed E-state index contributed by atoms with van der Waals surface area (Å²) in [5, 5.41) is 9.13. The fourth-order valence-corrected chi connectivity index (χ4v) is 2.36. The zero-order valence-corrected chi connectivity index (χ0v) is 10.3. The monoisotopic (exact) mass is 232 g/mol. The first-order valence-electron chi connectivity index (χ1n) is 5.56. The minimum absolute atomic E-state index is 0.110. The third kappa shape index (κ3) is 1.82. The van der Waals surface area contributed by atoms with Crippen LogP contribution in [0.1, 0.15) is 36.2 Å². The van der Waals surface area contributed by atoms with E-state index in [-0.39, 0.29) is 11.2 Å². The highest BCUT2D eigenvalue weighted by Crippen LogP contribution is 2.40. The molecule has 0 spiro atoms. The summed E-state index contributed by atoms with van der Waals surface area (Å²) in [6, 6.07) is 5.53. The molecule has 1 aliphatic carbocycles. The highest BCUT2D eigenvalue weighted by atomic mass is 16.5. The van der Waals surface area contributed by atoms with Gasteiger partial charge in [0.1, 0.15) is 5.75 Å². The van der Waals surface area contributed by atoms with Gasteiger partial charge in [-0.3, -0.25) is 4.79 Å². The normalized spacial score (nSPS) is 20.2. The van der Waals surface area contributed by atoms with E-state index >= 15 is 0 Å². The van der Waals surface area contributed by atoms with Crippen molar-refractivity contribution in [1.82, 2.24) is 0 Å². The molecule has 2 rings (SSSR count). The Balaban J connectivity index is 2.64. The number of carbonyl (C=O) groups excluding carboxylic acids is 1. The van der Waals surface area contributed by atoms with E-state index in [0.29, 0.717) is 23.3 Å². The SMILES string of the molecule is COc1ccc2c(c1)C(=O)/C(=C\O)CC2(C)C. The highest BCUT2D eigenvalue weighted by molar-refractivity contribution is 6.11. The Hall–Kier alpha value is -1.77. The number of fused-ring (bicyclic) bond motifs is 1. The van der Waals surface area contributed by atoms with Crippen LogP contribution in [0.2, 0.25) is 0 Å². The molecule has 1 aromatic rings. The first kappa shape index (κ1) is 11.7. The maximum absolute atomic E-state index is 12.1. The first-order valence-corrected chi connectivity index (χ1v) is 5.56. The number of ether oxygens (including phenoxy) is 1. The highest BCUT2D eigenvalue weighted by Gasteiger charge is 2.35. The molecule has 1 aromatic carbocycles. The number of carbonyl (C=O) groups is 1. The maximum atomic E-state index is 12.1. The minimum Gasteiger partial charge on any atom is -0.515 e. The molecule has 0 saturated heterocycles. The van der Waals surface area contributed by atoms with Crippen LogP contribution >= 0.6 is 0 Å². The van der Waals surface area contributed by atoms with Gasteiger partial charge in [-0.25, -0.2) is 0 Å². The van der Waals surface area contributed by atoms with Gasteiger partial charge < -0.3 is 9.84 Å². The summed E-state index contributed by atoms with van der Waals surface area (Å²) in [7, 11) is 1.57. The minimum atomic E-state index is -0.149. The van der Waals surface area contributed by atoms with E-state index in [2.05, 4.69) is 13.8 Å². The molecule has 0 aliphatic heterocycles. The van der Waals surface area contributed by atoms with E-state index in [0.717, 1.165) is 11.8 Å². The average Bonchev–Trinajstić information content (AvgIpc) is 2.33. The molecule has 1 N–H and O–H groups in total. The van der Waals surface area contributed by atoms with Crippen LogP contribution in [-0.2, 0) is 5.41 Å². The van der Waals surface area contributed by atoms with E-state index in [1.807, 2.05) is 12.1 Å². The molecule has 1 aliphatic rings. The van der Waals surface area contributed by atoms with E-state index in [4.69, 9.17) is 9.84 Å². The lowest BCUT2D eigenvalue weighted by Crippen LogP contribution is -2.29. The van der Waals surface area contributed by atoms with Crippen molar-refractivity contribution in [2.45, 2.75) is 25.7 Å². The number of ketones is 1. The zero-order valence-electron chi connectivity index (χ0n) is 10.3. The number of hydrogen-bond donors (Lipinski definition) is 1. The lowest BCUT2D eigenvalue weighted by Gasteiger charge is -2.32. The van der Waals surface area contributed by atoms with Crippen molar-refractivity contribution in [3.8, 4) is 5.75 Å². The Bertz CT molecular complexity index is 498. The summed E-state index contributed by atoms with van der Waals surface area (Å²) in [5.41, 5.74) is 1.94. The Kier molecular flexibility index (Phi) is 2.69. The number of aliphatic hydroxyl groups excluding tert-OH is 1. The molecule has 0 aromatic heterocycles. The summed E-state index contributed by atoms with van der Waals surface area (Å²) in [6.07, 6.45) is 1.48. The fraction of sp³-hybridized carbons (Fsp3) is 0.357. The molecule has 0 saturated carbocycles. The summed E-state index contributed by atoms with van der Waals surface area (Å²) in [5.74, 6) is 0.549. The van der Waals surface area contributed by atoms with Crippen molar-refractivity contribution in [1.29, 1.82) is 0 Å². The predicted molar refractivity (Wildman–Crippen MR) is 65.7 cm³/mol. The summed E-state index contributed by atoms with van der Waals surface area (Å²) in [6.45, 7) is 4.13. The van der Waals surface area contributed by atoms with Gasteiger partial charge in [0.2, 0.25) is 0 Å². The Morgan fingerprint density at radius 3 is 2.71 bits per heavy atom. The topological polar surface area (TPSA) is 46.5 Å². The smallest absolute Gasteiger partial charge is 0.192 e. The van der Waals surface area contributed by atoms with Crippen LogP contribution in [0.4, 0.5) is 0 Å². The molecule has 17 heavy (non-hydrogen) atoms.